The summed E-state index contributed by atoms with van der Waals surface area (Å²) in [7, 11) is 2.30. The molecule has 13 heavy (non-hydrogen) atoms. The van der Waals surface area contributed by atoms with E-state index >= 15 is 0 Å². The van der Waals surface area contributed by atoms with Crippen LogP contribution in [0.3, 0.4) is 0 Å². The molecule has 0 aromatic rings. The molecular weight excluding hydrogens is 158 g/mol. The Hall–Kier alpha value is -0.0400. The van der Waals surface area contributed by atoms with Gasteiger partial charge in [0.25, 0.3) is 0 Å². The maximum atomic E-state index is 2.60. The van der Waals surface area contributed by atoms with Gasteiger partial charge in [0.2, 0.25) is 0 Å². The van der Waals surface area contributed by atoms with Crippen molar-refractivity contribution in [3.05, 3.63) is 0 Å². The zero-order valence-corrected chi connectivity index (χ0v) is 9.71. The van der Waals surface area contributed by atoms with Crippen LogP contribution in [-0.2, 0) is 0 Å². The highest BCUT2D eigenvalue weighted by atomic mass is 15.2. The van der Waals surface area contributed by atoms with Gasteiger partial charge in [0, 0.05) is 12.1 Å². The summed E-state index contributed by atoms with van der Waals surface area (Å²) in [6.45, 7) is 6.65. The topological polar surface area (TPSA) is 3.24 Å². The van der Waals surface area contributed by atoms with Crippen LogP contribution in [0.4, 0.5) is 0 Å². The molecule has 78 valence electrons. The molecule has 0 spiro atoms. The van der Waals surface area contributed by atoms with Crippen LogP contribution in [0.1, 0.15) is 52.9 Å². The lowest BCUT2D eigenvalue weighted by Crippen LogP contribution is -2.39. The molecule has 0 radical (unpaired) electrons. The average molecular weight is 183 g/mol. The van der Waals surface area contributed by atoms with E-state index in [1.807, 2.05) is 0 Å². The summed E-state index contributed by atoms with van der Waals surface area (Å²) < 4.78 is 0. The van der Waals surface area contributed by atoms with E-state index in [1.165, 1.54) is 32.1 Å². The molecule has 2 saturated heterocycles. The lowest BCUT2D eigenvalue weighted by Gasteiger charge is -2.34. The summed E-state index contributed by atoms with van der Waals surface area (Å²) in [5, 5.41) is 0. The Labute approximate surface area is 83.5 Å². The van der Waals surface area contributed by atoms with Crippen molar-refractivity contribution in [1.29, 1.82) is 0 Å². The van der Waals surface area contributed by atoms with Gasteiger partial charge in [0.1, 0.15) is 0 Å². The minimum atomic E-state index is 0.939. The lowest BCUT2D eigenvalue weighted by atomic mass is 9.93. The predicted octanol–water partition coefficient (Wildman–Crippen LogP) is 3.30. The molecule has 2 heterocycles. The fourth-order valence-corrected chi connectivity index (χ4v) is 2.68. The Morgan fingerprint density at radius 3 is 1.85 bits per heavy atom. The van der Waals surface area contributed by atoms with Gasteiger partial charge in [-0.3, -0.25) is 0 Å². The van der Waals surface area contributed by atoms with E-state index in [0.717, 1.165) is 18.0 Å². The molecule has 2 aliphatic rings. The number of hydrogen-bond acceptors (Lipinski definition) is 1. The van der Waals surface area contributed by atoms with Gasteiger partial charge >= 0.3 is 0 Å². The van der Waals surface area contributed by atoms with Gasteiger partial charge in [-0.25, -0.2) is 0 Å². The van der Waals surface area contributed by atoms with Crippen molar-refractivity contribution in [1.82, 2.24) is 4.90 Å². The van der Waals surface area contributed by atoms with Crippen molar-refractivity contribution in [2.24, 2.45) is 5.92 Å². The summed E-state index contributed by atoms with van der Waals surface area (Å²) in [5.41, 5.74) is 0. The minimum Gasteiger partial charge on any atom is -0.300 e. The van der Waals surface area contributed by atoms with Crippen LogP contribution in [0, 0.1) is 5.92 Å². The first-order valence-corrected chi connectivity index (χ1v) is 5.90. The zero-order valence-electron chi connectivity index (χ0n) is 9.71. The molecule has 0 aromatic carbocycles. The van der Waals surface area contributed by atoms with Crippen LogP contribution >= 0.6 is 0 Å². The van der Waals surface area contributed by atoms with Crippen LogP contribution in [-0.4, -0.2) is 24.0 Å². The van der Waals surface area contributed by atoms with E-state index in [4.69, 9.17) is 0 Å². The summed E-state index contributed by atoms with van der Waals surface area (Å²) in [5.74, 6) is 0.994. The fourth-order valence-electron chi connectivity index (χ4n) is 2.68. The molecule has 2 bridgehead atoms. The van der Waals surface area contributed by atoms with E-state index in [-0.39, 0.29) is 0 Å². The molecule has 0 saturated carbocycles. The second-order valence-corrected chi connectivity index (χ2v) is 4.83. The van der Waals surface area contributed by atoms with E-state index in [9.17, 15) is 0 Å². The third-order valence-corrected chi connectivity index (χ3v) is 3.33. The SMILES string of the molecule is CC1CC2CCC(C1)N2C.CCC. The second-order valence-electron chi connectivity index (χ2n) is 4.83. The molecule has 0 amide bonds. The first kappa shape index (κ1) is 11.0. The molecule has 2 rings (SSSR count). The van der Waals surface area contributed by atoms with Crippen molar-refractivity contribution in [3.63, 3.8) is 0 Å². The number of piperidine rings is 1. The third kappa shape index (κ3) is 2.70. The van der Waals surface area contributed by atoms with Crippen LogP contribution in [0.2, 0.25) is 0 Å². The molecule has 0 aliphatic carbocycles. The van der Waals surface area contributed by atoms with Gasteiger partial charge in [-0.2, -0.15) is 0 Å². The first-order chi connectivity index (χ1) is 6.19. The van der Waals surface area contributed by atoms with Crippen LogP contribution < -0.4 is 0 Å². The summed E-state index contributed by atoms with van der Waals surface area (Å²) in [4.78, 5) is 2.60. The maximum Gasteiger partial charge on any atom is 0.00982 e. The van der Waals surface area contributed by atoms with Gasteiger partial charge < -0.3 is 4.90 Å². The standard InChI is InChI=1S/C9H17N.C3H8/c1-7-5-8-3-4-9(6-7)10(8)2;1-3-2/h7-9H,3-6H2,1-2H3;3H2,1-2H3. The van der Waals surface area contributed by atoms with E-state index in [0.29, 0.717) is 0 Å². The highest BCUT2D eigenvalue weighted by Crippen LogP contribution is 2.36. The van der Waals surface area contributed by atoms with Gasteiger partial charge in [-0.1, -0.05) is 27.2 Å². The van der Waals surface area contributed by atoms with Gasteiger partial charge in [-0.15, -0.1) is 0 Å². The first-order valence-electron chi connectivity index (χ1n) is 5.90. The predicted molar refractivity (Wildman–Crippen MR) is 58.9 cm³/mol. The molecular formula is C12H25N. The molecule has 0 N–H and O–H groups in total. The van der Waals surface area contributed by atoms with Gasteiger partial charge in [-0.05, 0) is 38.6 Å². The molecule has 2 atom stereocenters. The largest absolute Gasteiger partial charge is 0.300 e. The second kappa shape index (κ2) is 4.99. The van der Waals surface area contributed by atoms with E-state index in [1.54, 1.807) is 0 Å². The number of rotatable bonds is 0. The highest BCUT2D eigenvalue weighted by Gasteiger charge is 2.36. The van der Waals surface area contributed by atoms with Crippen molar-refractivity contribution in [2.45, 2.75) is 65.0 Å². The number of nitrogens with zero attached hydrogens (tertiary/aromatic N) is 1. The van der Waals surface area contributed by atoms with Crippen LogP contribution in [0.25, 0.3) is 0 Å². The molecule has 2 unspecified atom stereocenters. The Bertz CT molecular complexity index is 130. The third-order valence-electron chi connectivity index (χ3n) is 3.33. The van der Waals surface area contributed by atoms with E-state index in [2.05, 4.69) is 32.7 Å². The normalized spacial score (nSPS) is 38.3. The number of fused-ring (bicyclic) bond motifs is 2. The lowest BCUT2D eigenvalue weighted by molar-refractivity contribution is 0.142. The van der Waals surface area contributed by atoms with Crippen LogP contribution in [0.5, 0.6) is 0 Å². The maximum absolute atomic E-state index is 2.60. The molecule has 2 aliphatic heterocycles. The van der Waals surface area contributed by atoms with Crippen LogP contribution in [0.15, 0.2) is 0 Å². The summed E-state index contributed by atoms with van der Waals surface area (Å²) in [6, 6.07) is 1.88. The summed E-state index contributed by atoms with van der Waals surface area (Å²) >= 11 is 0. The highest BCUT2D eigenvalue weighted by molar-refractivity contribution is 4.91. The van der Waals surface area contributed by atoms with Crippen molar-refractivity contribution in [2.75, 3.05) is 7.05 Å². The van der Waals surface area contributed by atoms with E-state index < -0.39 is 0 Å². The fraction of sp³-hybridized carbons (Fsp3) is 1.00. The van der Waals surface area contributed by atoms with Gasteiger partial charge in [0.15, 0.2) is 0 Å². The zero-order chi connectivity index (χ0) is 9.84. The number of hydrogen-bond donors (Lipinski definition) is 0. The van der Waals surface area contributed by atoms with Crippen molar-refractivity contribution in [3.8, 4) is 0 Å². The summed E-state index contributed by atoms with van der Waals surface area (Å²) in [6.07, 6.45) is 7.08. The Morgan fingerprint density at radius 2 is 1.46 bits per heavy atom. The Morgan fingerprint density at radius 1 is 1.08 bits per heavy atom. The quantitative estimate of drug-likeness (QED) is 0.557. The average Bonchev–Trinajstić information content (AvgIpc) is 2.35. The molecule has 2 fully saturated rings. The van der Waals surface area contributed by atoms with Gasteiger partial charge in [0.05, 0.1) is 0 Å². The molecule has 1 heteroatoms. The Kier molecular flexibility index (Phi) is 4.24. The molecule has 1 nitrogen and oxygen atoms in total. The smallest absolute Gasteiger partial charge is 0.00982 e. The molecule has 0 aromatic heterocycles. The van der Waals surface area contributed by atoms with Crippen molar-refractivity contribution < 1.29 is 0 Å². The monoisotopic (exact) mass is 183 g/mol. The van der Waals surface area contributed by atoms with Crippen molar-refractivity contribution >= 4 is 0 Å². The minimum absolute atomic E-state index is 0.939. The Balaban J connectivity index is 0.000000251.